The smallest absolute Gasteiger partial charge is 0.263 e. The summed E-state index contributed by atoms with van der Waals surface area (Å²) in [4.78, 5) is 14.7. The van der Waals surface area contributed by atoms with E-state index in [-0.39, 0.29) is 5.91 Å². The van der Waals surface area contributed by atoms with Gasteiger partial charge in [0.1, 0.15) is 15.8 Å². The Kier molecular flexibility index (Phi) is 4.77. The fourth-order valence-corrected chi connectivity index (χ4v) is 3.82. The number of hydrogen-bond donors (Lipinski definition) is 1. The lowest BCUT2D eigenvalue weighted by atomic mass is 10.1. The van der Waals surface area contributed by atoms with Crippen molar-refractivity contribution in [2.24, 2.45) is 0 Å². The van der Waals surface area contributed by atoms with Crippen LogP contribution in [0.5, 0.6) is 11.5 Å². The molecule has 0 unspecified atom stereocenters. The molecule has 2 saturated heterocycles. The summed E-state index contributed by atoms with van der Waals surface area (Å²) in [6, 6.07) is 3.89. The molecule has 0 bridgehead atoms. The molecule has 2 aliphatic heterocycles. The van der Waals surface area contributed by atoms with Crippen molar-refractivity contribution in [1.29, 1.82) is 0 Å². The van der Waals surface area contributed by atoms with Crippen molar-refractivity contribution in [1.82, 2.24) is 5.32 Å². The first-order valence-electron chi connectivity index (χ1n) is 7.38. The summed E-state index contributed by atoms with van der Waals surface area (Å²) < 4.78 is 11.5. The summed E-state index contributed by atoms with van der Waals surface area (Å²) in [7, 11) is 3.29. The standard InChI is InChI=1S/C16H18N2O3S2/c1-20-12-9-11(18-5-3-4-6-18)13(21-2)7-10(12)8-14-15(19)17-16(22)23-14/h7-9H,3-6H2,1-2H3,(H,17,19,22)/b14-8+. The fourth-order valence-electron chi connectivity index (χ4n) is 2.79. The van der Waals surface area contributed by atoms with Crippen molar-refractivity contribution in [2.45, 2.75) is 12.8 Å². The van der Waals surface area contributed by atoms with Crippen molar-refractivity contribution in [2.75, 3.05) is 32.2 Å². The Balaban J connectivity index is 2.01. The van der Waals surface area contributed by atoms with E-state index in [4.69, 9.17) is 21.7 Å². The Morgan fingerprint density at radius 1 is 1.22 bits per heavy atom. The Labute approximate surface area is 145 Å². The zero-order chi connectivity index (χ0) is 16.4. The van der Waals surface area contributed by atoms with Crippen molar-refractivity contribution in [3.05, 3.63) is 22.6 Å². The van der Waals surface area contributed by atoms with Crippen LogP contribution in [0.4, 0.5) is 5.69 Å². The number of rotatable bonds is 4. The van der Waals surface area contributed by atoms with Crippen LogP contribution in [0.3, 0.4) is 0 Å². The predicted octanol–water partition coefficient (Wildman–Crippen LogP) is 2.79. The number of nitrogens with one attached hydrogen (secondary N) is 1. The first-order valence-corrected chi connectivity index (χ1v) is 8.60. The number of ether oxygens (including phenoxy) is 2. The van der Waals surface area contributed by atoms with E-state index in [9.17, 15) is 4.79 Å². The van der Waals surface area contributed by atoms with E-state index in [0.717, 1.165) is 30.1 Å². The molecule has 0 saturated carbocycles. The molecule has 0 atom stereocenters. The van der Waals surface area contributed by atoms with E-state index in [1.54, 1.807) is 20.3 Å². The van der Waals surface area contributed by atoms with Crippen LogP contribution in [0.15, 0.2) is 17.0 Å². The molecule has 1 aromatic rings. The highest BCUT2D eigenvalue weighted by atomic mass is 32.2. The van der Waals surface area contributed by atoms with Gasteiger partial charge in [0.05, 0.1) is 24.8 Å². The first-order chi connectivity index (χ1) is 11.1. The molecule has 5 nitrogen and oxygen atoms in total. The van der Waals surface area contributed by atoms with Gasteiger partial charge in [0.25, 0.3) is 5.91 Å². The zero-order valence-corrected chi connectivity index (χ0v) is 14.7. The molecule has 3 rings (SSSR count). The van der Waals surface area contributed by atoms with Crippen molar-refractivity contribution < 1.29 is 14.3 Å². The maximum atomic E-state index is 11.9. The maximum absolute atomic E-state index is 11.9. The van der Waals surface area contributed by atoms with Gasteiger partial charge in [-0.15, -0.1) is 0 Å². The van der Waals surface area contributed by atoms with Gasteiger partial charge in [0.2, 0.25) is 0 Å². The van der Waals surface area contributed by atoms with Crippen LogP contribution in [0.2, 0.25) is 0 Å². The third-order valence-corrected chi connectivity index (χ3v) is 5.07. The molecule has 0 radical (unpaired) electrons. The fraction of sp³-hybridized carbons (Fsp3) is 0.375. The number of thiocarbonyl (C=S) groups is 1. The van der Waals surface area contributed by atoms with Gasteiger partial charge in [-0.3, -0.25) is 4.79 Å². The lowest BCUT2D eigenvalue weighted by Gasteiger charge is -2.22. The molecule has 0 spiro atoms. The van der Waals surface area contributed by atoms with Gasteiger partial charge in [-0.05, 0) is 25.0 Å². The Morgan fingerprint density at radius 3 is 2.48 bits per heavy atom. The first kappa shape index (κ1) is 16.1. The molecule has 23 heavy (non-hydrogen) atoms. The topological polar surface area (TPSA) is 50.8 Å². The van der Waals surface area contributed by atoms with E-state index < -0.39 is 0 Å². The molecule has 1 N–H and O–H groups in total. The maximum Gasteiger partial charge on any atom is 0.263 e. The van der Waals surface area contributed by atoms with Gasteiger partial charge in [0.15, 0.2) is 0 Å². The molecule has 0 aliphatic carbocycles. The monoisotopic (exact) mass is 350 g/mol. The SMILES string of the molecule is COc1cc(N2CCCC2)c(OC)cc1/C=C1/SC(=S)NC1=O. The van der Waals surface area contributed by atoms with Crippen LogP contribution in [0.1, 0.15) is 18.4 Å². The normalized spacial score (nSPS) is 19.4. The molecular weight excluding hydrogens is 332 g/mol. The lowest BCUT2D eigenvalue weighted by molar-refractivity contribution is -0.115. The quantitative estimate of drug-likeness (QED) is 0.666. The molecule has 2 aliphatic rings. The van der Waals surface area contributed by atoms with Gasteiger partial charge in [-0.1, -0.05) is 24.0 Å². The molecule has 1 amide bonds. The number of carbonyl (C=O) groups excluding carboxylic acids is 1. The van der Waals surface area contributed by atoms with Crippen LogP contribution < -0.4 is 19.7 Å². The number of anilines is 1. The molecule has 0 aromatic heterocycles. The van der Waals surface area contributed by atoms with E-state index in [2.05, 4.69) is 10.2 Å². The highest BCUT2D eigenvalue weighted by Gasteiger charge is 2.24. The van der Waals surface area contributed by atoms with E-state index in [1.165, 1.54) is 24.6 Å². The minimum Gasteiger partial charge on any atom is -0.496 e. The second kappa shape index (κ2) is 6.80. The lowest BCUT2D eigenvalue weighted by Crippen LogP contribution is -2.18. The number of benzene rings is 1. The zero-order valence-electron chi connectivity index (χ0n) is 13.0. The summed E-state index contributed by atoms with van der Waals surface area (Å²) in [6.45, 7) is 2.04. The Morgan fingerprint density at radius 2 is 1.91 bits per heavy atom. The molecule has 1 aromatic carbocycles. The number of thioether (sulfide) groups is 1. The van der Waals surface area contributed by atoms with E-state index in [1.807, 2.05) is 12.1 Å². The van der Waals surface area contributed by atoms with Crippen LogP contribution in [0, 0.1) is 0 Å². The van der Waals surface area contributed by atoms with Crippen molar-refractivity contribution in [3.8, 4) is 11.5 Å². The highest BCUT2D eigenvalue weighted by Crippen LogP contribution is 2.39. The second-order valence-corrected chi connectivity index (χ2v) is 7.03. The average molecular weight is 350 g/mol. The minimum absolute atomic E-state index is 0.176. The summed E-state index contributed by atoms with van der Waals surface area (Å²) >= 11 is 6.28. The second-order valence-electron chi connectivity index (χ2n) is 5.31. The number of carbonyl (C=O) groups is 1. The highest BCUT2D eigenvalue weighted by molar-refractivity contribution is 8.26. The predicted molar refractivity (Wildman–Crippen MR) is 97.3 cm³/mol. The minimum atomic E-state index is -0.176. The van der Waals surface area contributed by atoms with Gasteiger partial charge in [0, 0.05) is 24.7 Å². The molecule has 2 fully saturated rings. The van der Waals surface area contributed by atoms with Gasteiger partial charge >= 0.3 is 0 Å². The van der Waals surface area contributed by atoms with E-state index in [0.29, 0.717) is 15.0 Å². The number of hydrogen-bond acceptors (Lipinski definition) is 6. The van der Waals surface area contributed by atoms with Crippen LogP contribution in [-0.4, -0.2) is 37.5 Å². The average Bonchev–Trinajstić information content (AvgIpc) is 3.17. The van der Waals surface area contributed by atoms with E-state index >= 15 is 0 Å². The third-order valence-electron chi connectivity index (χ3n) is 3.91. The van der Waals surface area contributed by atoms with Crippen LogP contribution in [-0.2, 0) is 4.79 Å². The number of nitrogens with zero attached hydrogens (tertiary/aromatic N) is 1. The summed E-state index contributed by atoms with van der Waals surface area (Å²) in [5.41, 5.74) is 1.83. The largest absolute Gasteiger partial charge is 0.496 e. The van der Waals surface area contributed by atoms with Crippen molar-refractivity contribution >= 4 is 46.0 Å². The molecular formula is C16H18N2O3S2. The number of methoxy groups -OCH3 is 2. The van der Waals surface area contributed by atoms with Gasteiger partial charge in [-0.2, -0.15) is 0 Å². The van der Waals surface area contributed by atoms with Crippen LogP contribution >= 0.6 is 24.0 Å². The van der Waals surface area contributed by atoms with Crippen molar-refractivity contribution in [3.63, 3.8) is 0 Å². The summed E-state index contributed by atoms with van der Waals surface area (Å²) in [5, 5.41) is 2.62. The Hall–Kier alpha value is -1.73. The van der Waals surface area contributed by atoms with Gasteiger partial charge < -0.3 is 19.7 Å². The summed E-state index contributed by atoms with van der Waals surface area (Å²) in [5.74, 6) is 1.32. The molecule has 2 heterocycles. The third kappa shape index (κ3) is 3.30. The molecule has 122 valence electrons. The number of amides is 1. The van der Waals surface area contributed by atoms with Crippen LogP contribution in [0.25, 0.3) is 6.08 Å². The summed E-state index contributed by atoms with van der Waals surface area (Å²) in [6.07, 6.45) is 4.16. The Bertz CT molecular complexity index is 682. The van der Waals surface area contributed by atoms with Gasteiger partial charge in [-0.25, -0.2) is 0 Å². The molecule has 7 heteroatoms.